The van der Waals surface area contributed by atoms with Crippen LogP contribution in [0.3, 0.4) is 0 Å². The molecule has 2 aromatic rings. The summed E-state index contributed by atoms with van der Waals surface area (Å²) in [6.45, 7) is 5.52. The highest BCUT2D eigenvalue weighted by atomic mass is 16.7. The van der Waals surface area contributed by atoms with Gasteiger partial charge in [0.2, 0.25) is 6.79 Å². The lowest BCUT2D eigenvalue weighted by Crippen LogP contribution is -2.22. The lowest BCUT2D eigenvalue weighted by molar-refractivity contribution is -0.119. The van der Waals surface area contributed by atoms with Gasteiger partial charge in [-0.3, -0.25) is 14.4 Å². The summed E-state index contributed by atoms with van der Waals surface area (Å²) in [6, 6.07) is 2.97. The number of aromatic amines is 1. The predicted octanol–water partition coefficient (Wildman–Crippen LogP) is 2.56. The molecule has 3 rings (SSSR count). The zero-order valence-electron chi connectivity index (χ0n) is 16.4. The molecule has 1 aromatic carbocycles. The number of amides is 1. The van der Waals surface area contributed by atoms with Crippen molar-refractivity contribution in [2.75, 3.05) is 18.7 Å². The third kappa shape index (κ3) is 3.98. The van der Waals surface area contributed by atoms with Crippen LogP contribution in [-0.2, 0) is 9.53 Å². The second-order valence-electron chi connectivity index (χ2n) is 6.61. The van der Waals surface area contributed by atoms with Gasteiger partial charge in [0.25, 0.3) is 5.91 Å². The van der Waals surface area contributed by atoms with Crippen LogP contribution in [0.5, 0.6) is 11.5 Å². The van der Waals surface area contributed by atoms with Crippen LogP contribution in [0.25, 0.3) is 0 Å². The van der Waals surface area contributed by atoms with Gasteiger partial charge in [-0.25, -0.2) is 4.79 Å². The van der Waals surface area contributed by atoms with E-state index in [0.29, 0.717) is 28.3 Å². The Hall–Kier alpha value is -3.62. The first-order valence-corrected chi connectivity index (χ1v) is 8.80. The first-order chi connectivity index (χ1) is 13.7. The number of rotatable bonds is 6. The molecule has 0 spiro atoms. The van der Waals surface area contributed by atoms with E-state index in [1.165, 1.54) is 26.0 Å². The van der Waals surface area contributed by atoms with E-state index >= 15 is 0 Å². The minimum absolute atomic E-state index is 0.0266. The van der Waals surface area contributed by atoms with Crippen molar-refractivity contribution in [3.05, 3.63) is 40.2 Å². The number of aryl methyl sites for hydroxylation is 1. The molecule has 0 saturated carbocycles. The van der Waals surface area contributed by atoms with Crippen LogP contribution in [0.15, 0.2) is 12.1 Å². The number of H-pyrrole nitrogens is 1. The number of hydrogen-bond donors (Lipinski definition) is 2. The first kappa shape index (κ1) is 20.1. The lowest BCUT2D eigenvalue weighted by atomic mass is 10.1. The number of nitrogens with one attached hydrogen (secondary N) is 2. The van der Waals surface area contributed by atoms with Crippen LogP contribution >= 0.6 is 0 Å². The lowest BCUT2D eigenvalue weighted by Gasteiger charge is -2.11. The van der Waals surface area contributed by atoms with Crippen LogP contribution < -0.4 is 14.8 Å². The summed E-state index contributed by atoms with van der Waals surface area (Å²) in [7, 11) is 0. The third-order valence-corrected chi connectivity index (χ3v) is 4.49. The minimum Gasteiger partial charge on any atom is -0.454 e. The van der Waals surface area contributed by atoms with Gasteiger partial charge in [-0.2, -0.15) is 0 Å². The van der Waals surface area contributed by atoms with Crippen molar-refractivity contribution in [3.63, 3.8) is 0 Å². The van der Waals surface area contributed by atoms with Gasteiger partial charge in [0.05, 0.1) is 5.69 Å². The van der Waals surface area contributed by atoms with E-state index in [4.69, 9.17) is 14.2 Å². The average Bonchev–Trinajstić information content (AvgIpc) is 3.22. The molecule has 1 aliphatic heterocycles. The molecular weight excluding hydrogens is 380 g/mol. The maximum atomic E-state index is 12.3. The maximum Gasteiger partial charge on any atom is 0.355 e. The van der Waals surface area contributed by atoms with Gasteiger partial charge in [-0.1, -0.05) is 0 Å². The summed E-state index contributed by atoms with van der Waals surface area (Å²) in [4.78, 5) is 50.9. The molecule has 1 aromatic heterocycles. The number of Topliss-reactive ketones (excluding diaryl/α,β-unsaturated/α-hetero) is 2. The highest BCUT2D eigenvalue weighted by Gasteiger charge is 2.23. The summed E-state index contributed by atoms with van der Waals surface area (Å²) in [5.74, 6) is -1.02. The summed E-state index contributed by atoms with van der Waals surface area (Å²) in [5.41, 5.74) is 2.04. The van der Waals surface area contributed by atoms with Crippen molar-refractivity contribution in [3.8, 4) is 11.5 Å². The normalized spacial score (nSPS) is 11.9. The van der Waals surface area contributed by atoms with Gasteiger partial charge in [0.1, 0.15) is 5.69 Å². The number of hydrogen-bond acceptors (Lipinski definition) is 7. The number of fused-ring (bicyclic) bond motifs is 1. The van der Waals surface area contributed by atoms with Gasteiger partial charge in [-0.05, 0) is 39.3 Å². The molecule has 0 unspecified atom stereocenters. The van der Waals surface area contributed by atoms with Crippen LogP contribution in [0, 0.1) is 13.8 Å². The molecular formula is C20H20N2O7. The average molecular weight is 400 g/mol. The molecule has 2 heterocycles. The van der Waals surface area contributed by atoms with Crippen LogP contribution in [0.4, 0.5) is 5.69 Å². The van der Waals surface area contributed by atoms with Crippen molar-refractivity contribution in [2.24, 2.45) is 0 Å². The molecule has 152 valence electrons. The van der Waals surface area contributed by atoms with Gasteiger partial charge >= 0.3 is 5.97 Å². The molecule has 0 saturated heterocycles. The molecule has 2 N–H and O–H groups in total. The standard InChI is InChI=1S/C20H20N2O7/c1-9-18(12(4)24)10(2)21-19(9)20(26)27-7-17(25)22-14-6-16-15(28-8-29-16)5-13(14)11(3)23/h5-6,21H,7-8H2,1-4H3,(H,22,25). The Morgan fingerprint density at radius 2 is 1.72 bits per heavy atom. The number of carbonyl (C=O) groups is 4. The summed E-state index contributed by atoms with van der Waals surface area (Å²) < 4.78 is 15.5. The predicted molar refractivity (Wildman–Crippen MR) is 102 cm³/mol. The van der Waals surface area contributed by atoms with Crippen LogP contribution in [0.2, 0.25) is 0 Å². The number of benzene rings is 1. The van der Waals surface area contributed by atoms with Gasteiger partial charge in [-0.15, -0.1) is 0 Å². The number of anilines is 1. The van der Waals surface area contributed by atoms with E-state index in [0.717, 1.165) is 0 Å². The zero-order chi connectivity index (χ0) is 21.3. The Bertz CT molecular complexity index is 1040. The van der Waals surface area contributed by atoms with Crippen molar-refractivity contribution in [2.45, 2.75) is 27.7 Å². The summed E-state index contributed by atoms with van der Waals surface area (Å²) >= 11 is 0. The number of aromatic nitrogens is 1. The number of ketones is 2. The Morgan fingerprint density at radius 1 is 1.07 bits per heavy atom. The second kappa shape index (κ2) is 7.78. The largest absolute Gasteiger partial charge is 0.454 e. The fourth-order valence-electron chi connectivity index (χ4n) is 3.21. The number of carbonyl (C=O) groups excluding carboxylic acids is 4. The van der Waals surface area contributed by atoms with E-state index < -0.39 is 18.5 Å². The molecule has 0 bridgehead atoms. The van der Waals surface area contributed by atoms with Crippen molar-refractivity contribution in [1.82, 2.24) is 4.98 Å². The summed E-state index contributed by atoms with van der Waals surface area (Å²) in [5, 5.41) is 2.54. The zero-order valence-corrected chi connectivity index (χ0v) is 16.4. The van der Waals surface area contributed by atoms with E-state index in [1.54, 1.807) is 13.8 Å². The SMILES string of the molecule is CC(=O)c1cc2c(cc1NC(=O)COC(=O)c1[nH]c(C)c(C(C)=O)c1C)OCO2. The monoisotopic (exact) mass is 400 g/mol. The van der Waals surface area contributed by atoms with Gasteiger partial charge in [0.15, 0.2) is 29.7 Å². The second-order valence-corrected chi connectivity index (χ2v) is 6.61. The highest BCUT2D eigenvalue weighted by molar-refractivity contribution is 6.05. The molecule has 1 amide bonds. The molecule has 0 aliphatic carbocycles. The fraction of sp³-hybridized carbons (Fsp3) is 0.300. The quantitative estimate of drug-likeness (QED) is 0.564. The van der Waals surface area contributed by atoms with E-state index in [-0.39, 0.29) is 35.3 Å². The molecule has 9 heteroatoms. The highest BCUT2D eigenvalue weighted by Crippen LogP contribution is 2.37. The Labute approximate surface area is 166 Å². The Morgan fingerprint density at radius 3 is 2.31 bits per heavy atom. The van der Waals surface area contributed by atoms with E-state index in [9.17, 15) is 19.2 Å². The molecule has 9 nitrogen and oxygen atoms in total. The number of esters is 1. The fourth-order valence-corrected chi connectivity index (χ4v) is 3.21. The van der Waals surface area contributed by atoms with Gasteiger partial charge in [0, 0.05) is 22.9 Å². The Balaban J connectivity index is 1.70. The van der Waals surface area contributed by atoms with Crippen molar-refractivity contribution < 1.29 is 33.4 Å². The van der Waals surface area contributed by atoms with Crippen molar-refractivity contribution >= 4 is 29.1 Å². The molecule has 29 heavy (non-hydrogen) atoms. The molecule has 1 aliphatic rings. The first-order valence-electron chi connectivity index (χ1n) is 8.80. The molecule has 0 fully saturated rings. The maximum absolute atomic E-state index is 12.3. The minimum atomic E-state index is -0.759. The third-order valence-electron chi connectivity index (χ3n) is 4.49. The topological polar surface area (TPSA) is 124 Å². The van der Waals surface area contributed by atoms with Crippen LogP contribution in [-0.4, -0.2) is 41.8 Å². The van der Waals surface area contributed by atoms with Crippen LogP contribution in [0.1, 0.15) is 56.3 Å². The van der Waals surface area contributed by atoms with Crippen molar-refractivity contribution in [1.29, 1.82) is 0 Å². The smallest absolute Gasteiger partial charge is 0.355 e. The Kier molecular flexibility index (Phi) is 5.40. The molecule has 0 atom stereocenters. The molecule has 0 radical (unpaired) electrons. The summed E-state index contributed by atoms with van der Waals surface area (Å²) in [6.07, 6.45) is 0. The number of ether oxygens (including phenoxy) is 3. The van der Waals surface area contributed by atoms with Gasteiger partial charge < -0.3 is 24.5 Å². The van der Waals surface area contributed by atoms with E-state index in [2.05, 4.69) is 10.3 Å². The van der Waals surface area contributed by atoms with E-state index in [1.807, 2.05) is 0 Å².